The maximum absolute atomic E-state index is 6.54. The van der Waals surface area contributed by atoms with E-state index in [2.05, 4.69) is 55.4 Å². The predicted octanol–water partition coefficient (Wildman–Crippen LogP) is 6.42. The topological polar surface area (TPSA) is 51.0 Å². The molecule has 0 spiro atoms. The van der Waals surface area contributed by atoms with Gasteiger partial charge in [0, 0.05) is 33.9 Å². The van der Waals surface area contributed by atoms with E-state index in [0.29, 0.717) is 17.8 Å². The van der Waals surface area contributed by atoms with Crippen LogP contribution in [0, 0.1) is 0 Å². The molecule has 2 fully saturated rings. The fourth-order valence-electron chi connectivity index (χ4n) is 3.99. The van der Waals surface area contributed by atoms with Crippen LogP contribution in [0.5, 0.6) is 11.5 Å². The van der Waals surface area contributed by atoms with E-state index in [0.717, 1.165) is 17.2 Å². The molecule has 0 amide bonds. The molecule has 2 aliphatic carbocycles. The third kappa shape index (κ3) is 2.76. The summed E-state index contributed by atoms with van der Waals surface area (Å²) in [6, 6.07) is 10.7. The van der Waals surface area contributed by atoms with Gasteiger partial charge in [-0.15, -0.1) is 0 Å². The van der Waals surface area contributed by atoms with Gasteiger partial charge in [-0.05, 0) is 79.3 Å². The number of nitrogens with two attached hydrogens (primary N) is 1. The summed E-state index contributed by atoms with van der Waals surface area (Å²) < 4.78 is 6.54. The number of nitrogens with one attached hydrogen (secondary N) is 1. The fourth-order valence-corrected chi connectivity index (χ4v) is 3.99. The second-order valence-corrected chi connectivity index (χ2v) is 8.29. The molecule has 3 aromatic rings. The van der Waals surface area contributed by atoms with Crippen molar-refractivity contribution >= 4 is 16.6 Å². The molecule has 3 heteroatoms. The molecule has 1 aromatic heterocycles. The molecule has 2 aliphatic rings. The maximum atomic E-state index is 6.54. The van der Waals surface area contributed by atoms with E-state index in [9.17, 15) is 0 Å². The summed E-state index contributed by atoms with van der Waals surface area (Å²) in [6.07, 6.45) is 7.11. The fraction of sp³-hybridized carbons (Fsp3) is 0.391. The lowest BCUT2D eigenvalue weighted by molar-refractivity contribution is 0.471. The van der Waals surface area contributed by atoms with Gasteiger partial charge in [0.15, 0.2) is 0 Å². The molecule has 0 saturated heterocycles. The SMILES string of the molecule is CC(C)c1c[nH]c2ccc(Oc3c(C4CC4)cc(N)cc3C3CC3)cc12. The molecule has 3 N–H and O–H groups in total. The Morgan fingerprint density at radius 3 is 2.23 bits per heavy atom. The van der Waals surface area contributed by atoms with E-state index in [4.69, 9.17) is 10.5 Å². The molecular formula is C23H26N2O. The van der Waals surface area contributed by atoms with E-state index in [-0.39, 0.29) is 0 Å². The highest BCUT2D eigenvalue weighted by Crippen LogP contribution is 2.53. The van der Waals surface area contributed by atoms with Crippen LogP contribution in [0.4, 0.5) is 5.69 Å². The van der Waals surface area contributed by atoms with Gasteiger partial charge in [-0.3, -0.25) is 0 Å². The highest BCUT2D eigenvalue weighted by atomic mass is 16.5. The van der Waals surface area contributed by atoms with Crippen molar-refractivity contribution in [3.05, 3.63) is 53.2 Å². The maximum Gasteiger partial charge on any atom is 0.134 e. The average molecular weight is 346 g/mol. The summed E-state index contributed by atoms with van der Waals surface area (Å²) in [6.45, 7) is 4.46. The van der Waals surface area contributed by atoms with Crippen molar-refractivity contribution in [3.8, 4) is 11.5 Å². The molecule has 2 saturated carbocycles. The number of hydrogen-bond acceptors (Lipinski definition) is 2. The number of H-pyrrole nitrogens is 1. The molecular weight excluding hydrogens is 320 g/mol. The Balaban J connectivity index is 1.59. The predicted molar refractivity (Wildman–Crippen MR) is 107 cm³/mol. The number of nitrogen functional groups attached to an aromatic ring is 1. The van der Waals surface area contributed by atoms with Crippen LogP contribution in [0.15, 0.2) is 36.5 Å². The monoisotopic (exact) mass is 346 g/mol. The van der Waals surface area contributed by atoms with Gasteiger partial charge in [0.2, 0.25) is 0 Å². The van der Waals surface area contributed by atoms with E-state index < -0.39 is 0 Å². The molecule has 134 valence electrons. The second-order valence-electron chi connectivity index (χ2n) is 8.29. The molecule has 2 aromatic carbocycles. The largest absolute Gasteiger partial charge is 0.457 e. The van der Waals surface area contributed by atoms with Gasteiger partial charge in [-0.25, -0.2) is 0 Å². The van der Waals surface area contributed by atoms with Crippen LogP contribution in [-0.4, -0.2) is 4.98 Å². The lowest BCUT2D eigenvalue weighted by atomic mass is 10.00. The van der Waals surface area contributed by atoms with Crippen molar-refractivity contribution < 1.29 is 4.74 Å². The van der Waals surface area contributed by atoms with Crippen LogP contribution in [0.3, 0.4) is 0 Å². The van der Waals surface area contributed by atoms with Gasteiger partial charge in [-0.2, -0.15) is 0 Å². The molecule has 26 heavy (non-hydrogen) atoms. The van der Waals surface area contributed by atoms with Crippen LogP contribution in [0.1, 0.15) is 74.0 Å². The lowest BCUT2D eigenvalue weighted by Gasteiger charge is -2.17. The quantitative estimate of drug-likeness (QED) is 0.524. The van der Waals surface area contributed by atoms with Crippen molar-refractivity contribution in [1.29, 1.82) is 0 Å². The first-order chi connectivity index (χ1) is 12.6. The number of anilines is 1. The molecule has 0 radical (unpaired) electrons. The number of hydrogen-bond donors (Lipinski definition) is 2. The first-order valence-electron chi connectivity index (χ1n) is 9.82. The minimum Gasteiger partial charge on any atom is -0.457 e. The number of aromatic nitrogens is 1. The molecule has 3 nitrogen and oxygen atoms in total. The summed E-state index contributed by atoms with van der Waals surface area (Å²) in [5.74, 6) is 3.72. The zero-order valence-corrected chi connectivity index (χ0v) is 15.5. The molecule has 0 aliphatic heterocycles. The zero-order chi connectivity index (χ0) is 17.8. The number of aromatic amines is 1. The van der Waals surface area contributed by atoms with E-state index >= 15 is 0 Å². The summed E-state index contributed by atoms with van der Waals surface area (Å²) >= 11 is 0. The van der Waals surface area contributed by atoms with Crippen molar-refractivity contribution in [2.75, 3.05) is 5.73 Å². The second kappa shape index (κ2) is 5.80. The van der Waals surface area contributed by atoms with Crippen LogP contribution < -0.4 is 10.5 Å². The average Bonchev–Trinajstić information content (AvgIpc) is 3.52. The Bertz CT molecular complexity index is 944. The number of benzene rings is 2. The summed E-state index contributed by atoms with van der Waals surface area (Å²) in [7, 11) is 0. The normalized spacial score (nSPS) is 17.2. The molecule has 0 unspecified atom stereocenters. The Labute approximate surface area is 154 Å². The highest BCUT2D eigenvalue weighted by Gasteiger charge is 2.33. The molecule has 0 bridgehead atoms. The van der Waals surface area contributed by atoms with Gasteiger partial charge in [0.25, 0.3) is 0 Å². The first kappa shape index (κ1) is 15.8. The number of ether oxygens (including phenoxy) is 1. The Morgan fingerprint density at radius 2 is 1.65 bits per heavy atom. The van der Waals surface area contributed by atoms with Crippen molar-refractivity contribution in [2.45, 2.75) is 57.3 Å². The smallest absolute Gasteiger partial charge is 0.134 e. The van der Waals surface area contributed by atoms with E-state index in [1.807, 2.05) is 0 Å². The Morgan fingerprint density at radius 1 is 1.00 bits per heavy atom. The minimum atomic E-state index is 0.486. The van der Waals surface area contributed by atoms with Gasteiger partial charge >= 0.3 is 0 Å². The summed E-state index contributed by atoms with van der Waals surface area (Å²) in [5, 5.41) is 1.26. The molecule has 1 heterocycles. The zero-order valence-electron chi connectivity index (χ0n) is 15.5. The molecule has 5 rings (SSSR count). The van der Waals surface area contributed by atoms with Crippen molar-refractivity contribution in [1.82, 2.24) is 4.98 Å². The van der Waals surface area contributed by atoms with Crippen LogP contribution >= 0.6 is 0 Å². The van der Waals surface area contributed by atoms with Crippen molar-refractivity contribution in [2.24, 2.45) is 0 Å². The highest BCUT2D eigenvalue weighted by molar-refractivity contribution is 5.85. The van der Waals surface area contributed by atoms with Gasteiger partial charge in [0.05, 0.1) is 0 Å². The van der Waals surface area contributed by atoms with Crippen LogP contribution in [-0.2, 0) is 0 Å². The van der Waals surface area contributed by atoms with Crippen LogP contribution in [0.25, 0.3) is 10.9 Å². The third-order valence-corrected chi connectivity index (χ3v) is 5.73. The van der Waals surface area contributed by atoms with Gasteiger partial charge in [-0.1, -0.05) is 13.8 Å². The standard InChI is InChI=1S/C23H26N2O/c1-13(2)21-12-25-22-8-7-17(11-20(21)22)26-23-18(14-3-4-14)9-16(24)10-19(23)15-5-6-15/h7-15,25H,3-6,24H2,1-2H3. The number of fused-ring (bicyclic) bond motifs is 1. The lowest BCUT2D eigenvalue weighted by Crippen LogP contribution is -1.99. The Kier molecular flexibility index (Phi) is 3.53. The van der Waals surface area contributed by atoms with Gasteiger partial charge < -0.3 is 15.5 Å². The van der Waals surface area contributed by atoms with Crippen LogP contribution in [0.2, 0.25) is 0 Å². The first-order valence-corrected chi connectivity index (χ1v) is 9.82. The minimum absolute atomic E-state index is 0.486. The third-order valence-electron chi connectivity index (χ3n) is 5.73. The number of rotatable bonds is 5. The van der Waals surface area contributed by atoms with E-state index in [1.165, 1.54) is 53.3 Å². The van der Waals surface area contributed by atoms with Gasteiger partial charge in [0.1, 0.15) is 11.5 Å². The summed E-state index contributed by atoms with van der Waals surface area (Å²) in [4.78, 5) is 3.38. The van der Waals surface area contributed by atoms with E-state index in [1.54, 1.807) is 0 Å². The Hall–Kier alpha value is -2.42. The van der Waals surface area contributed by atoms with Crippen molar-refractivity contribution in [3.63, 3.8) is 0 Å². The molecule has 0 atom stereocenters. The summed E-state index contributed by atoms with van der Waals surface area (Å²) in [5.41, 5.74) is 12.2.